The number of hydrogen-bond acceptors (Lipinski definition) is 4. The second kappa shape index (κ2) is 8.20. The largest absolute Gasteiger partial charge is 0.497 e. The van der Waals surface area contributed by atoms with Gasteiger partial charge in [-0.3, -0.25) is 9.10 Å². The molecule has 3 aromatic rings. The Kier molecular flexibility index (Phi) is 5.46. The highest BCUT2D eigenvalue weighted by molar-refractivity contribution is 7.92. The molecule has 0 radical (unpaired) electrons. The molecule has 1 aliphatic heterocycles. The van der Waals surface area contributed by atoms with Crippen molar-refractivity contribution in [2.45, 2.75) is 17.7 Å². The predicted octanol–water partition coefficient (Wildman–Crippen LogP) is 4.09. The summed E-state index contributed by atoms with van der Waals surface area (Å²) in [6, 6.07) is 20.7. The Balaban J connectivity index is 1.65. The molecule has 0 atom stereocenters. The van der Waals surface area contributed by atoms with Crippen LogP contribution >= 0.6 is 0 Å². The lowest BCUT2D eigenvalue weighted by Gasteiger charge is -2.31. The summed E-state index contributed by atoms with van der Waals surface area (Å²) in [5.74, 6) is 0.356. The average molecular weight is 423 g/mol. The summed E-state index contributed by atoms with van der Waals surface area (Å²) in [5.41, 5.74) is 2.64. The van der Waals surface area contributed by atoms with Gasteiger partial charge in [-0.15, -0.1) is 0 Å². The van der Waals surface area contributed by atoms with Crippen molar-refractivity contribution in [3.8, 4) is 5.75 Å². The third kappa shape index (κ3) is 3.89. The van der Waals surface area contributed by atoms with Crippen LogP contribution in [-0.4, -0.2) is 28.0 Å². The van der Waals surface area contributed by atoms with Gasteiger partial charge < -0.3 is 10.1 Å². The maximum atomic E-state index is 13.3. The predicted molar refractivity (Wildman–Crippen MR) is 117 cm³/mol. The maximum Gasteiger partial charge on any atom is 0.264 e. The Hall–Kier alpha value is -3.32. The zero-order chi connectivity index (χ0) is 21.1. The van der Waals surface area contributed by atoms with E-state index in [2.05, 4.69) is 5.32 Å². The number of carbonyl (C=O) groups excluding carboxylic acids is 1. The van der Waals surface area contributed by atoms with Crippen LogP contribution in [0.15, 0.2) is 77.7 Å². The molecule has 7 heteroatoms. The van der Waals surface area contributed by atoms with E-state index in [0.29, 0.717) is 29.2 Å². The van der Waals surface area contributed by atoms with E-state index >= 15 is 0 Å². The highest BCUT2D eigenvalue weighted by atomic mass is 32.2. The molecule has 0 fully saturated rings. The van der Waals surface area contributed by atoms with Gasteiger partial charge in [-0.25, -0.2) is 8.42 Å². The lowest BCUT2D eigenvalue weighted by molar-refractivity contribution is 0.102. The SMILES string of the molecule is COc1ccc(S(=O)(=O)N2CCCc3ccc(NC(=O)c4ccccc4)cc32)cc1. The van der Waals surface area contributed by atoms with Crippen LogP contribution in [0.1, 0.15) is 22.3 Å². The topological polar surface area (TPSA) is 75.7 Å². The Morgan fingerprint density at radius 1 is 1.00 bits per heavy atom. The molecule has 0 saturated carbocycles. The van der Waals surface area contributed by atoms with E-state index in [-0.39, 0.29) is 10.8 Å². The minimum Gasteiger partial charge on any atom is -0.497 e. The van der Waals surface area contributed by atoms with Crippen molar-refractivity contribution in [2.24, 2.45) is 0 Å². The van der Waals surface area contributed by atoms with Crippen LogP contribution in [0.3, 0.4) is 0 Å². The number of aryl methyl sites for hydroxylation is 1. The van der Waals surface area contributed by atoms with Crippen molar-refractivity contribution < 1.29 is 17.9 Å². The molecule has 154 valence electrons. The summed E-state index contributed by atoms with van der Waals surface area (Å²) in [4.78, 5) is 12.7. The first-order valence-electron chi connectivity index (χ1n) is 9.65. The quantitative estimate of drug-likeness (QED) is 0.672. The van der Waals surface area contributed by atoms with Crippen molar-refractivity contribution in [3.63, 3.8) is 0 Å². The van der Waals surface area contributed by atoms with Crippen LogP contribution in [0.2, 0.25) is 0 Å². The number of rotatable bonds is 5. The third-order valence-electron chi connectivity index (χ3n) is 5.10. The van der Waals surface area contributed by atoms with Crippen LogP contribution in [-0.2, 0) is 16.4 Å². The summed E-state index contributed by atoms with van der Waals surface area (Å²) in [7, 11) is -2.20. The lowest BCUT2D eigenvalue weighted by atomic mass is 10.0. The van der Waals surface area contributed by atoms with Gasteiger partial charge >= 0.3 is 0 Å². The van der Waals surface area contributed by atoms with E-state index in [1.54, 1.807) is 54.6 Å². The molecule has 0 bridgehead atoms. The number of ether oxygens (including phenoxy) is 1. The van der Waals surface area contributed by atoms with Crippen LogP contribution in [0.4, 0.5) is 11.4 Å². The maximum absolute atomic E-state index is 13.3. The molecule has 1 amide bonds. The van der Waals surface area contributed by atoms with Crippen molar-refractivity contribution >= 4 is 27.3 Å². The molecule has 1 heterocycles. The van der Waals surface area contributed by atoms with E-state index in [1.807, 2.05) is 18.2 Å². The molecule has 1 aliphatic rings. The Labute approximate surface area is 176 Å². The van der Waals surface area contributed by atoms with Gasteiger partial charge in [0.15, 0.2) is 0 Å². The van der Waals surface area contributed by atoms with Gasteiger partial charge in [0.2, 0.25) is 0 Å². The summed E-state index contributed by atoms with van der Waals surface area (Å²) in [6.45, 7) is 0.386. The van der Waals surface area contributed by atoms with Gasteiger partial charge in [0.05, 0.1) is 17.7 Å². The minimum absolute atomic E-state index is 0.204. The van der Waals surface area contributed by atoms with Crippen LogP contribution in [0, 0.1) is 0 Å². The number of amides is 1. The number of benzene rings is 3. The second-order valence-corrected chi connectivity index (χ2v) is 8.88. The van der Waals surface area contributed by atoms with E-state index in [4.69, 9.17) is 4.74 Å². The van der Waals surface area contributed by atoms with Crippen molar-refractivity contribution in [3.05, 3.63) is 83.9 Å². The number of carbonyl (C=O) groups is 1. The van der Waals surface area contributed by atoms with Crippen molar-refractivity contribution in [1.82, 2.24) is 0 Å². The highest BCUT2D eigenvalue weighted by Gasteiger charge is 2.29. The van der Waals surface area contributed by atoms with Crippen LogP contribution in [0.5, 0.6) is 5.75 Å². The lowest BCUT2D eigenvalue weighted by Crippen LogP contribution is -2.35. The standard InChI is InChI=1S/C23H22N2O4S/c1-29-20-11-13-21(14-12-20)30(27,28)25-15-5-8-17-9-10-19(16-22(17)25)24-23(26)18-6-3-2-4-7-18/h2-4,6-7,9-14,16H,5,8,15H2,1H3,(H,24,26). The van der Waals surface area contributed by atoms with E-state index in [9.17, 15) is 13.2 Å². The molecule has 0 aromatic heterocycles. The number of nitrogens with one attached hydrogen (secondary N) is 1. The van der Waals surface area contributed by atoms with Gasteiger partial charge in [-0.2, -0.15) is 0 Å². The summed E-state index contributed by atoms with van der Waals surface area (Å²) in [6.07, 6.45) is 1.52. The monoisotopic (exact) mass is 422 g/mol. The fourth-order valence-corrected chi connectivity index (χ4v) is 5.07. The normalized spacial score (nSPS) is 13.4. The van der Waals surface area contributed by atoms with Crippen molar-refractivity contribution in [1.29, 1.82) is 0 Å². The fraction of sp³-hybridized carbons (Fsp3) is 0.174. The first-order chi connectivity index (χ1) is 14.5. The Morgan fingerprint density at radius 3 is 2.43 bits per heavy atom. The number of nitrogens with zero attached hydrogens (tertiary/aromatic N) is 1. The fourth-order valence-electron chi connectivity index (χ4n) is 3.54. The van der Waals surface area contributed by atoms with Gasteiger partial charge in [0.1, 0.15) is 5.75 Å². The molecule has 0 spiro atoms. The molecular weight excluding hydrogens is 400 g/mol. The number of fused-ring (bicyclic) bond motifs is 1. The number of anilines is 2. The molecule has 3 aromatic carbocycles. The smallest absolute Gasteiger partial charge is 0.264 e. The second-order valence-electron chi connectivity index (χ2n) is 7.02. The molecule has 0 unspecified atom stereocenters. The van der Waals surface area contributed by atoms with Gasteiger partial charge in [0.25, 0.3) is 15.9 Å². The number of methoxy groups -OCH3 is 1. The molecule has 0 aliphatic carbocycles. The summed E-state index contributed by atoms with van der Waals surface area (Å²) in [5, 5.41) is 2.86. The first kappa shape index (κ1) is 20.0. The van der Waals surface area contributed by atoms with Crippen LogP contribution < -0.4 is 14.4 Å². The Morgan fingerprint density at radius 2 is 1.73 bits per heavy atom. The zero-order valence-electron chi connectivity index (χ0n) is 16.5. The Bertz CT molecular complexity index is 1160. The molecule has 4 rings (SSSR count). The van der Waals surface area contributed by atoms with Crippen LogP contribution in [0.25, 0.3) is 0 Å². The molecule has 6 nitrogen and oxygen atoms in total. The first-order valence-corrected chi connectivity index (χ1v) is 11.1. The number of hydrogen-bond donors (Lipinski definition) is 1. The molecule has 0 saturated heterocycles. The molecular formula is C23H22N2O4S. The minimum atomic E-state index is -3.73. The summed E-state index contributed by atoms with van der Waals surface area (Å²) >= 11 is 0. The third-order valence-corrected chi connectivity index (χ3v) is 6.93. The van der Waals surface area contributed by atoms with Gasteiger partial charge in [-0.05, 0) is 66.9 Å². The molecule has 1 N–H and O–H groups in total. The van der Waals surface area contributed by atoms with Crippen molar-refractivity contribution in [2.75, 3.05) is 23.3 Å². The van der Waals surface area contributed by atoms with E-state index in [1.165, 1.54) is 11.4 Å². The average Bonchev–Trinajstić information content (AvgIpc) is 2.79. The van der Waals surface area contributed by atoms with Gasteiger partial charge in [0, 0.05) is 17.8 Å². The summed E-state index contributed by atoms with van der Waals surface area (Å²) < 4.78 is 33.2. The van der Waals surface area contributed by atoms with E-state index < -0.39 is 10.0 Å². The van der Waals surface area contributed by atoms with Gasteiger partial charge in [-0.1, -0.05) is 24.3 Å². The zero-order valence-corrected chi connectivity index (χ0v) is 17.4. The highest BCUT2D eigenvalue weighted by Crippen LogP contribution is 2.34. The number of sulfonamides is 1. The van der Waals surface area contributed by atoms with E-state index in [0.717, 1.165) is 18.4 Å². The molecule has 30 heavy (non-hydrogen) atoms.